The molecule has 0 fully saturated rings. The van der Waals surface area contributed by atoms with Crippen LogP contribution in [0.3, 0.4) is 0 Å². The van der Waals surface area contributed by atoms with Gasteiger partial charge in [0.15, 0.2) is 0 Å². The zero-order valence-electron chi connectivity index (χ0n) is 22.1. The van der Waals surface area contributed by atoms with Crippen molar-refractivity contribution in [1.29, 1.82) is 5.26 Å². The minimum absolute atomic E-state index is 0.381. The van der Waals surface area contributed by atoms with Crippen molar-refractivity contribution >= 4 is 38.7 Å². The normalized spacial score (nSPS) is 10.9. The van der Waals surface area contributed by atoms with E-state index in [1.165, 1.54) is 27.1 Å². The molecule has 0 saturated carbocycles. The van der Waals surface area contributed by atoms with Crippen LogP contribution < -0.4 is 4.90 Å². The maximum Gasteiger partial charge on any atom is 0.142 e. The monoisotopic (exact) mass is 524 g/mol. The molecular formula is C37H24N4. The average molecular weight is 525 g/mol. The van der Waals surface area contributed by atoms with Crippen molar-refractivity contribution in [3.05, 3.63) is 151 Å². The van der Waals surface area contributed by atoms with Crippen molar-refractivity contribution in [1.82, 2.24) is 9.97 Å². The van der Waals surface area contributed by atoms with Gasteiger partial charge in [0.05, 0.1) is 5.69 Å². The summed E-state index contributed by atoms with van der Waals surface area (Å²) >= 11 is 0. The molecule has 41 heavy (non-hydrogen) atoms. The quantitative estimate of drug-likeness (QED) is 0.210. The fraction of sp³-hybridized carbons (Fsp3) is 0. The second-order valence-electron chi connectivity index (χ2n) is 9.77. The van der Waals surface area contributed by atoms with Crippen LogP contribution in [0.4, 0.5) is 17.2 Å². The van der Waals surface area contributed by atoms with Crippen molar-refractivity contribution in [3.63, 3.8) is 0 Å². The molecule has 5 aromatic carbocycles. The van der Waals surface area contributed by atoms with Gasteiger partial charge in [0.1, 0.15) is 17.6 Å². The van der Waals surface area contributed by atoms with E-state index in [-0.39, 0.29) is 0 Å². The molecular weight excluding hydrogens is 500 g/mol. The molecule has 2 heterocycles. The van der Waals surface area contributed by atoms with Crippen LogP contribution >= 0.6 is 0 Å². The van der Waals surface area contributed by atoms with Crippen molar-refractivity contribution in [2.75, 3.05) is 4.90 Å². The Hall–Kier alpha value is -5.79. The van der Waals surface area contributed by atoms with Gasteiger partial charge in [0.25, 0.3) is 0 Å². The first-order chi connectivity index (χ1) is 20.3. The Morgan fingerprint density at radius 2 is 1.10 bits per heavy atom. The maximum atomic E-state index is 9.48. The highest BCUT2D eigenvalue weighted by Crippen LogP contribution is 2.43. The molecule has 2 aromatic heterocycles. The van der Waals surface area contributed by atoms with Crippen molar-refractivity contribution < 1.29 is 0 Å². The molecule has 0 aliphatic carbocycles. The van der Waals surface area contributed by atoms with E-state index in [2.05, 4.69) is 94.8 Å². The summed E-state index contributed by atoms with van der Waals surface area (Å²) in [5.74, 6) is 0.693. The lowest BCUT2D eigenvalue weighted by atomic mass is 9.87. The fourth-order valence-corrected chi connectivity index (χ4v) is 5.60. The Kier molecular flexibility index (Phi) is 6.16. The molecule has 0 amide bonds. The number of fused-ring (bicyclic) bond motifs is 2. The number of hydrogen-bond donors (Lipinski definition) is 0. The van der Waals surface area contributed by atoms with Gasteiger partial charge >= 0.3 is 0 Å². The van der Waals surface area contributed by atoms with E-state index in [9.17, 15) is 5.26 Å². The van der Waals surface area contributed by atoms with Crippen molar-refractivity contribution in [2.24, 2.45) is 0 Å². The lowest BCUT2D eigenvalue weighted by molar-refractivity contribution is 1.16. The van der Waals surface area contributed by atoms with E-state index < -0.39 is 0 Å². The molecule has 192 valence electrons. The minimum atomic E-state index is 0.381. The summed E-state index contributed by atoms with van der Waals surface area (Å²) in [6.45, 7) is 0. The molecule has 0 aliphatic heterocycles. The topological polar surface area (TPSA) is 52.8 Å². The molecule has 0 bridgehead atoms. The second kappa shape index (κ2) is 10.4. The van der Waals surface area contributed by atoms with Crippen molar-refractivity contribution in [2.45, 2.75) is 0 Å². The summed E-state index contributed by atoms with van der Waals surface area (Å²) in [4.78, 5) is 11.4. The summed E-state index contributed by atoms with van der Waals surface area (Å²) in [7, 11) is 0. The Bertz CT molecular complexity index is 1990. The van der Waals surface area contributed by atoms with Crippen molar-refractivity contribution in [3.8, 4) is 28.5 Å². The van der Waals surface area contributed by atoms with Crippen LogP contribution in [0.1, 0.15) is 5.69 Å². The van der Waals surface area contributed by atoms with E-state index in [0.29, 0.717) is 11.5 Å². The number of anilines is 3. The number of rotatable bonds is 5. The summed E-state index contributed by atoms with van der Waals surface area (Å²) < 4.78 is 0. The molecule has 4 heteroatoms. The van der Waals surface area contributed by atoms with E-state index in [1.807, 2.05) is 60.8 Å². The summed E-state index contributed by atoms with van der Waals surface area (Å²) in [5, 5.41) is 14.2. The highest BCUT2D eigenvalue weighted by atomic mass is 15.2. The highest BCUT2D eigenvalue weighted by molar-refractivity contribution is 6.21. The zero-order valence-corrected chi connectivity index (χ0v) is 22.1. The van der Waals surface area contributed by atoms with E-state index in [0.717, 1.165) is 28.2 Å². The Morgan fingerprint density at radius 1 is 0.512 bits per heavy atom. The van der Waals surface area contributed by atoms with Gasteiger partial charge in [-0.3, -0.25) is 9.88 Å². The largest absolute Gasteiger partial charge is 0.295 e. The molecule has 0 radical (unpaired) electrons. The van der Waals surface area contributed by atoms with Crippen LogP contribution in [0, 0.1) is 11.3 Å². The predicted octanol–water partition coefficient (Wildman–Crippen LogP) is 9.46. The molecule has 7 rings (SSSR count). The van der Waals surface area contributed by atoms with Gasteiger partial charge in [-0.2, -0.15) is 5.26 Å². The summed E-state index contributed by atoms with van der Waals surface area (Å²) in [5.41, 5.74) is 6.74. The molecule has 0 aliphatic rings. The average Bonchev–Trinajstić information content (AvgIpc) is 3.05. The SMILES string of the molecule is N#Cc1cccc(N(c2ccccc2)c2ccc(-c3c4ccccc4c(-c4ccccn4)c4ccccc34)cc2)n1. The molecule has 0 N–H and O–H groups in total. The highest BCUT2D eigenvalue weighted by Gasteiger charge is 2.18. The molecule has 7 aromatic rings. The van der Waals surface area contributed by atoms with Crippen LogP contribution in [0.2, 0.25) is 0 Å². The Morgan fingerprint density at radius 3 is 1.71 bits per heavy atom. The van der Waals surface area contributed by atoms with Crippen LogP contribution in [0.25, 0.3) is 43.9 Å². The number of para-hydroxylation sites is 1. The standard InChI is InChI=1S/C37H24N4/c38-25-27-11-10-19-35(40-27)41(28-12-2-1-3-13-28)29-22-20-26(21-23-29)36-30-14-4-6-16-32(30)37(34-18-8-9-24-39-34)33-17-7-5-15-31(33)36/h1-24H. The van der Waals surface area contributed by atoms with Gasteiger partial charge in [-0.25, -0.2) is 4.98 Å². The third-order valence-corrected chi connectivity index (χ3v) is 7.36. The third-order valence-electron chi connectivity index (χ3n) is 7.36. The van der Waals surface area contributed by atoms with Gasteiger partial charge in [0, 0.05) is 23.1 Å². The zero-order chi connectivity index (χ0) is 27.6. The van der Waals surface area contributed by atoms with Crippen LogP contribution in [0.15, 0.2) is 146 Å². The molecule has 0 spiro atoms. The van der Waals surface area contributed by atoms with Crippen LogP contribution in [0.5, 0.6) is 0 Å². The summed E-state index contributed by atoms with van der Waals surface area (Å²) in [6, 6.07) is 49.6. The number of nitriles is 1. The molecule has 0 atom stereocenters. The van der Waals surface area contributed by atoms with E-state index in [1.54, 1.807) is 6.07 Å². The van der Waals surface area contributed by atoms with E-state index >= 15 is 0 Å². The predicted molar refractivity (Wildman–Crippen MR) is 167 cm³/mol. The lowest BCUT2D eigenvalue weighted by Gasteiger charge is -2.24. The lowest BCUT2D eigenvalue weighted by Crippen LogP contribution is -2.11. The number of hydrogen-bond acceptors (Lipinski definition) is 4. The Labute approximate surface area is 238 Å². The van der Waals surface area contributed by atoms with Gasteiger partial charge in [-0.1, -0.05) is 91.0 Å². The molecule has 0 saturated heterocycles. The van der Waals surface area contributed by atoms with Crippen LogP contribution in [-0.2, 0) is 0 Å². The third kappa shape index (κ3) is 4.36. The molecule has 0 unspecified atom stereocenters. The maximum absolute atomic E-state index is 9.48. The van der Waals surface area contributed by atoms with Gasteiger partial charge in [0.2, 0.25) is 0 Å². The number of aromatic nitrogens is 2. The Balaban J connectivity index is 1.42. The first-order valence-electron chi connectivity index (χ1n) is 13.5. The van der Waals surface area contributed by atoms with Gasteiger partial charge in [-0.15, -0.1) is 0 Å². The molecule has 4 nitrogen and oxygen atoms in total. The number of nitrogens with zero attached hydrogens (tertiary/aromatic N) is 4. The number of pyridine rings is 2. The van der Waals surface area contributed by atoms with Crippen LogP contribution in [-0.4, -0.2) is 9.97 Å². The second-order valence-corrected chi connectivity index (χ2v) is 9.77. The smallest absolute Gasteiger partial charge is 0.142 e. The van der Waals surface area contributed by atoms with Gasteiger partial charge in [-0.05, 0) is 81.2 Å². The van der Waals surface area contributed by atoms with Gasteiger partial charge < -0.3 is 0 Å². The summed E-state index contributed by atoms with van der Waals surface area (Å²) in [6.07, 6.45) is 1.85. The minimum Gasteiger partial charge on any atom is -0.295 e. The first kappa shape index (κ1) is 24.3. The number of benzene rings is 5. The van der Waals surface area contributed by atoms with E-state index in [4.69, 9.17) is 4.98 Å². The first-order valence-corrected chi connectivity index (χ1v) is 13.5. The fourth-order valence-electron chi connectivity index (χ4n) is 5.60.